The van der Waals surface area contributed by atoms with Gasteiger partial charge in [-0.2, -0.15) is 0 Å². The molecule has 0 fully saturated rings. The number of allylic oxidation sites excluding steroid dienone is 3. The molecule has 1 aromatic rings. The van der Waals surface area contributed by atoms with Gasteiger partial charge in [0.15, 0.2) is 0 Å². The Morgan fingerprint density at radius 3 is 3.00 bits per heavy atom. The van der Waals surface area contributed by atoms with Gasteiger partial charge in [0.25, 0.3) is 0 Å². The zero-order chi connectivity index (χ0) is 11.9. The first-order valence-corrected chi connectivity index (χ1v) is 6.15. The zero-order valence-corrected chi connectivity index (χ0v) is 9.88. The van der Waals surface area contributed by atoms with E-state index in [1.54, 1.807) is 0 Å². The number of hydrogen-bond donors (Lipinski definition) is 0. The molecule has 4 rings (SSSR count). The van der Waals surface area contributed by atoms with Crippen LogP contribution in [0.3, 0.4) is 0 Å². The van der Waals surface area contributed by atoms with Crippen molar-refractivity contribution in [2.45, 2.75) is 6.42 Å². The van der Waals surface area contributed by atoms with Crippen molar-refractivity contribution in [1.82, 2.24) is 9.55 Å². The highest BCUT2D eigenvalue weighted by Crippen LogP contribution is 2.34. The summed E-state index contributed by atoms with van der Waals surface area (Å²) in [6, 6.07) is 10.5. The van der Waals surface area contributed by atoms with Crippen LogP contribution in [0.25, 0.3) is 28.4 Å². The molecule has 3 aliphatic rings. The number of fused-ring (bicyclic) bond motifs is 5. The largest absolute Gasteiger partial charge is 0.325 e. The second-order valence-electron chi connectivity index (χ2n) is 4.53. The van der Waals surface area contributed by atoms with Crippen molar-refractivity contribution < 1.29 is 0 Å². The summed E-state index contributed by atoms with van der Waals surface area (Å²) >= 11 is 0. The molecule has 0 amide bonds. The van der Waals surface area contributed by atoms with E-state index in [1.165, 1.54) is 16.6 Å². The molecule has 0 radical (unpaired) electrons. The lowest BCUT2D eigenvalue weighted by molar-refractivity contribution is 0.992. The Hall–Kier alpha value is -2.35. The molecule has 86 valence electrons. The van der Waals surface area contributed by atoms with Gasteiger partial charge in [-0.1, -0.05) is 30.4 Å². The summed E-state index contributed by atoms with van der Waals surface area (Å²) in [5.41, 5.74) is 4.71. The van der Waals surface area contributed by atoms with Gasteiger partial charge in [-0.15, -0.1) is 0 Å². The van der Waals surface area contributed by atoms with E-state index in [-0.39, 0.29) is 0 Å². The second kappa shape index (κ2) is 3.57. The number of rotatable bonds is 0. The van der Waals surface area contributed by atoms with Gasteiger partial charge in [-0.05, 0) is 18.2 Å². The molecule has 2 heteroatoms. The Morgan fingerprint density at radius 2 is 2.00 bits per heavy atom. The van der Waals surface area contributed by atoms with E-state index in [2.05, 4.69) is 59.5 Å². The molecular formula is C16H12N2. The average Bonchev–Trinajstić information content (AvgIpc) is 2.62. The molecule has 0 unspecified atom stereocenters. The quantitative estimate of drug-likeness (QED) is 0.577. The molecule has 0 atom stereocenters. The third-order valence-electron chi connectivity index (χ3n) is 3.47. The second-order valence-corrected chi connectivity index (χ2v) is 4.53. The van der Waals surface area contributed by atoms with E-state index in [4.69, 9.17) is 4.98 Å². The van der Waals surface area contributed by atoms with Crippen molar-refractivity contribution >= 4 is 17.1 Å². The number of hydrogen-bond acceptors (Lipinski definition) is 1. The monoisotopic (exact) mass is 232 g/mol. The molecule has 18 heavy (non-hydrogen) atoms. The van der Waals surface area contributed by atoms with E-state index < -0.39 is 0 Å². The summed E-state index contributed by atoms with van der Waals surface area (Å²) in [7, 11) is 0. The Labute approximate surface area is 105 Å². The summed E-state index contributed by atoms with van der Waals surface area (Å²) in [6.45, 7) is 0. The van der Waals surface area contributed by atoms with Crippen LogP contribution in [-0.4, -0.2) is 9.55 Å². The van der Waals surface area contributed by atoms with Crippen molar-refractivity contribution in [1.29, 1.82) is 0 Å². The molecule has 0 saturated heterocycles. The minimum absolute atomic E-state index is 0.924. The lowest BCUT2D eigenvalue weighted by Crippen LogP contribution is -2.01. The van der Waals surface area contributed by atoms with Crippen LogP contribution >= 0.6 is 0 Å². The van der Waals surface area contributed by atoms with Gasteiger partial charge in [-0.3, -0.25) is 0 Å². The van der Waals surface area contributed by atoms with E-state index in [1.807, 2.05) is 6.07 Å². The number of aromatic nitrogens is 2. The van der Waals surface area contributed by atoms with E-state index in [0.29, 0.717) is 0 Å². The van der Waals surface area contributed by atoms with Gasteiger partial charge in [0.1, 0.15) is 0 Å². The summed E-state index contributed by atoms with van der Waals surface area (Å²) < 4.78 is 2.16. The van der Waals surface area contributed by atoms with E-state index in [9.17, 15) is 0 Å². The fourth-order valence-corrected chi connectivity index (χ4v) is 2.61. The first-order chi connectivity index (χ1) is 8.93. The zero-order valence-electron chi connectivity index (χ0n) is 9.88. The molecule has 3 aliphatic heterocycles. The number of nitrogens with zero attached hydrogens (tertiary/aromatic N) is 2. The maximum absolute atomic E-state index is 4.78. The number of benzene rings is 1. The Kier molecular flexibility index (Phi) is 1.92. The van der Waals surface area contributed by atoms with Gasteiger partial charge < -0.3 is 4.57 Å². The predicted octanol–water partition coefficient (Wildman–Crippen LogP) is 3.72. The third kappa shape index (κ3) is 1.26. The fourth-order valence-electron chi connectivity index (χ4n) is 2.61. The highest BCUT2D eigenvalue weighted by atomic mass is 15.0. The Bertz CT molecular complexity index is 762. The van der Waals surface area contributed by atoms with Crippen LogP contribution in [0, 0.1) is 0 Å². The topological polar surface area (TPSA) is 17.8 Å². The highest BCUT2D eigenvalue weighted by Gasteiger charge is 2.16. The number of pyridine rings is 1. The van der Waals surface area contributed by atoms with Crippen LogP contribution in [-0.2, 0) is 6.42 Å². The van der Waals surface area contributed by atoms with Gasteiger partial charge >= 0.3 is 0 Å². The standard InChI is InChI=1S/C16H12N2/c1-2-8-15-16-13(9-11-18(15)10-5-1)12-6-3-4-7-14(12)17-16/h1-7,9-11H,8H2. The fraction of sp³-hybridized carbons (Fsp3) is 0.0625. The van der Waals surface area contributed by atoms with Crippen molar-refractivity contribution in [3.63, 3.8) is 0 Å². The van der Waals surface area contributed by atoms with Crippen LogP contribution in [0.4, 0.5) is 0 Å². The van der Waals surface area contributed by atoms with E-state index >= 15 is 0 Å². The maximum atomic E-state index is 4.78. The molecular weight excluding hydrogens is 220 g/mol. The lowest BCUT2D eigenvalue weighted by atomic mass is 10.1. The van der Waals surface area contributed by atoms with Crippen LogP contribution in [0.15, 0.2) is 54.8 Å². The van der Waals surface area contributed by atoms with Crippen LogP contribution in [0.2, 0.25) is 0 Å². The van der Waals surface area contributed by atoms with Gasteiger partial charge in [-0.25, -0.2) is 4.98 Å². The Balaban J connectivity index is 2.12. The summed E-state index contributed by atoms with van der Waals surface area (Å²) in [4.78, 5) is 4.78. The van der Waals surface area contributed by atoms with Gasteiger partial charge in [0, 0.05) is 29.8 Å². The molecule has 0 saturated carbocycles. The van der Waals surface area contributed by atoms with Crippen molar-refractivity contribution in [3.8, 4) is 11.3 Å². The summed E-state index contributed by atoms with van der Waals surface area (Å²) in [5, 5.41) is 1.24. The minimum atomic E-state index is 0.924. The maximum Gasteiger partial charge on any atom is 0.0917 e. The van der Waals surface area contributed by atoms with E-state index in [0.717, 1.165) is 17.6 Å². The average molecular weight is 232 g/mol. The van der Waals surface area contributed by atoms with Crippen molar-refractivity contribution in [3.05, 3.63) is 60.5 Å². The smallest absolute Gasteiger partial charge is 0.0917 e. The third-order valence-corrected chi connectivity index (χ3v) is 3.47. The normalized spacial score (nSPS) is 14.0. The first kappa shape index (κ1) is 9.66. The molecule has 0 N–H and O–H groups in total. The predicted molar refractivity (Wildman–Crippen MR) is 74.5 cm³/mol. The highest BCUT2D eigenvalue weighted by molar-refractivity contribution is 5.98. The first-order valence-electron chi connectivity index (χ1n) is 6.15. The molecule has 2 nitrogen and oxygen atoms in total. The molecule has 1 aromatic carbocycles. The SMILES string of the molecule is C1=CCc2c3nc4ccccc4c-3ccn2C=C1. The molecule has 0 aliphatic carbocycles. The van der Waals surface area contributed by atoms with Crippen LogP contribution in [0.5, 0.6) is 0 Å². The lowest BCUT2D eigenvalue weighted by Gasteiger charge is -2.11. The summed E-state index contributed by atoms with van der Waals surface area (Å²) in [5.74, 6) is 0. The van der Waals surface area contributed by atoms with Gasteiger partial charge in [0.05, 0.1) is 16.9 Å². The molecule has 0 spiro atoms. The minimum Gasteiger partial charge on any atom is -0.325 e. The van der Waals surface area contributed by atoms with Crippen LogP contribution < -0.4 is 0 Å². The summed E-state index contributed by atoms with van der Waals surface area (Å²) in [6.07, 6.45) is 11.4. The van der Waals surface area contributed by atoms with Crippen molar-refractivity contribution in [2.75, 3.05) is 0 Å². The molecule has 0 bridgehead atoms. The molecule has 0 aromatic heterocycles. The number of para-hydroxylation sites is 1. The van der Waals surface area contributed by atoms with Crippen LogP contribution in [0.1, 0.15) is 5.69 Å². The van der Waals surface area contributed by atoms with Gasteiger partial charge in [0.2, 0.25) is 0 Å². The van der Waals surface area contributed by atoms with Crippen molar-refractivity contribution in [2.24, 2.45) is 0 Å². The molecule has 3 heterocycles. The Morgan fingerprint density at radius 1 is 1.06 bits per heavy atom.